The number of aliphatic hydroxyl groups is 2. The van der Waals surface area contributed by atoms with Gasteiger partial charge < -0.3 is 132 Å². The minimum Gasteiger partial charge on any atom is -0.394 e. The van der Waals surface area contributed by atoms with Gasteiger partial charge in [0.1, 0.15) is 72.8 Å². The van der Waals surface area contributed by atoms with Crippen molar-refractivity contribution in [3.05, 3.63) is 96.0 Å². The van der Waals surface area contributed by atoms with E-state index in [-0.39, 0.29) is 115 Å². The molecule has 2 fully saturated rings. The quantitative estimate of drug-likeness (QED) is 0.0105. The Morgan fingerprint density at radius 1 is 0.593 bits per heavy atom. The number of nitrogens with one attached hydrogen (secondary N) is 20. The summed E-state index contributed by atoms with van der Waals surface area (Å²) in [7, 11) is 0. The van der Waals surface area contributed by atoms with Crippen LogP contribution < -0.4 is 97.0 Å². The predicted octanol–water partition coefficient (Wildman–Crippen LogP) is -2.92. The maximum atomic E-state index is 15.4. The third-order valence-electron chi connectivity index (χ3n) is 23.6. The second kappa shape index (κ2) is 63.0. The molecule has 140 heavy (non-hydrogen) atoms. The summed E-state index contributed by atoms with van der Waals surface area (Å²) in [4.78, 5) is 237. The number of aromatic nitrogens is 7. The van der Waals surface area contributed by atoms with E-state index in [2.05, 4.69) is 115 Å². The van der Waals surface area contributed by atoms with Crippen molar-refractivity contribution >= 4 is 117 Å². The standard InChI is InChI=1S/C92H142N28O20/c1-3-4-29-65(81(129)111-68-36-38-78(126)99-39-24-23-30-63(57(2)122)107-85(133)70(46-59-49-102-64-31-22-21-28-62(59)64)112-82(130)66(32-25-40-101-91(94)95)108-84(132)69(45-58-26-17-16-18-27-58)114-89(137)74-48-61(123)53-120(74)90(68)138)109-87(135)72(51-104-92(96)97)115-86(134)71(47-60-50-98-56-105-60)113-83(131)67(35-37-75(93)124)110-88(136)73(54-121)106-79(127)52-103-80(128)55-140-44-43-139-42-41-100-77(125)34-20-15-13-11-9-7-5-6-8-10-12-14-19-33-76-116-118-119-117-76/h16-18,21-22,26-28,31,49-50,56,61,63,65-74,102,121,123H,3-15,19-20,23-25,29-30,32-48,51-55H2,1-2H3,(H2,93,124)(H,98,105)(H,99,126)(H,100,125)(H,103,128)(H,106,127)(H,107,133)(H,108,132)(H,109,135)(H,110,136)(H,111,129)(H,112,130)(H,113,131)(H,114,137)(H,115,134)(H4,94,95,101)(H4,96,97,104)(H,116,117,118,119)/t61-,63+,65+,66+,67+,68+,69-,70+,71+,72+,73+,74+/m1/s1. The Hall–Kier alpha value is -13.6. The third-order valence-corrected chi connectivity index (χ3v) is 23.6. The lowest BCUT2D eigenvalue weighted by Crippen LogP contribution is -2.62. The van der Waals surface area contributed by atoms with Gasteiger partial charge in [0, 0.05) is 107 Å². The number of Topliss-reactive ketones (excluding diaryl/α,β-unsaturated/α-hetero) is 1. The van der Waals surface area contributed by atoms with Crippen LogP contribution in [0.15, 0.2) is 73.3 Å². The summed E-state index contributed by atoms with van der Waals surface area (Å²) in [6.45, 7) is 0.180. The molecule has 2 aliphatic rings. The fourth-order valence-corrected chi connectivity index (χ4v) is 15.9. The topological polar surface area (TPSA) is 740 Å². The number of hydrogen-bond donors (Lipinski definition) is 25. The molecule has 0 aliphatic carbocycles. The van der Waals surface area contributed by atoms with E-state index in [1.165, 1.54) is 70.8 Å². The van der Waals surface area contributed by atoms with E-state index in [1.54, 1.807) is 49.5 Å². The molecule has 12 atom stereocenters. The molecule has 5 heterocycles. The van der Waals surface area contributed by atoms with Crippen LogP contribution in [-0.4, -0.2) is 302 Å². The smallest absolute Gasteiger partial charge is 0.246 e. The summed E-state index contributed by atoms with van der Waals surface area (Å²) in [6, 6.07) is -1.74. The Labute approximate surface area is 811 Å². The van der Waals surface area contributed by atoms with Crippen LogP contribution in [0.1, 0.15) is 210 Å². The van der Waals surface area contributed by atoms with E-state index in [4.69, 9.17) is 37.5 Å². The van der Waals surface area contributed by atoms with E-state index in [0.717, 1.165) is 60.2 Å². The van der Waals surface area contributed by atoms with Crippen LogP contribution in [0.4, 0.5) is 0 Å². The first kappa shape index (κ1) is 113. The largest absolute Gasteiger partial charge is 0.394 e. The molecular formula is C92H142N28O20. The Balaban J connectivity index is 0.975. The number of fused-ring (bicyclic) bond motifs is 2. The van der Waals surface area contributed by atoms with Gasteiger partial charge in [0.15, 0.2) is 17.7 Å². The van der Waals surface area contributed by atoms with Gasteiger partial charge in [0.05, 0.1) is 57.1 Å². The molecule has 0 radical (unpaired) electrons. The molecule has 0 bridgehead atoms. The molecule has 0 unspecified atom stereocenters. The first-order valence-corrected chi connectivity index (χ1v) is 48.2. The highest BCUT2D eigenvalue weighted by molar-refractivity contribution is 6.01. The molecule has 7 rings (SSSR count). The van der Waals surface area contributed by atoms with E-state index < -0.39 is 238 Å². The highest BCUT2D eigenvalue weighted by Gasteiger charge is 2.44. The number of para-hydroxylation sites is 1. The second-order valence-electron chi connectivity index (χ2n) is 34.9. The van der Waals surface area contributed by atoms with Crippen molar-refractivity contribution in [3.8, 4) is 0 Å². The fourth-order valence-electron chi connectivity index (χ4n) is 15.9. The lowest BCUT2D eigenvalue weighted by atomic mass is 10.0. The lowest BCUT2D eigenvalue weighted by Gasteiger charge is -2.31. The van der Waals surface area contributed by atoms with Gasteiger partial charge in [-0.1, -0.05) is 139 Å². The van der Waals surface area contributed by atoms with Crippen molar-refractivity contribution < 1.29 is 96.4 Å². The summed E-state index contributed by atoms with van der Waals surface area (Å²) < 4.78 is 10.9. The Morgan fingerprint density at radius 3 is 1.89 bits per heavy atom. The van der Waals surface area contributed by atoms with Crippen molar-refractivity contribution in [2.24, 2.45) is 17.2 Å². The van der Waals surface area contributed by atoms with Crippen LogP contribution >= 0.6 is 0 Å². The van der Waals surface area contributed by atoms with Crippen molar-refractivity contribution in [1.29, 1.82) is 10.8 Å². The van der Waals surface area contributed by atoms with Crippen molar-refractivity contribution in [1.82, 2.24) is 120 Å². The number of aliphatic hydroxyl groups excluding tert-OH is 2. The molecule has 3 aromatic heterocycles. The Kier molecular flexibility index (Phi) is 51.0. The van der Waals surface area contributed by atoms with E-state index in [0.29, 0.717) is 24.0 Å². The number of tetrazole rings is 1. The third kappa shape index (κ3) is 42.8. The zero-order chi connectivity index (χ0) is 102. The molecule has 2 saturated heterocycles. The van der Waals surface area contributed by atoms with Gasteiger partial charge in [-0.15, -0.1) is 5.10 Å². The highest BCUT2D eigenvalue weighted by Crippen LogP contribution is 2.24. The second-order valence-corrected chi connectivity index (χ2v) is 34.9. The minimum atomic E-state index is -1.81. The number of ether oxygens (including phenoxy) is 2. The average molecular weight is 1960 g/mol. The summed E-state index contributed by atoms with van der Waals surface area (Å²) >= 11 is 0. The zero-order valence-corrected chi connectivity index (χ0v) is 79.8. The van der Waals surface area contributed by atoms with E-state index >= 15 is 19.2 Å². The van der Waals surface area contributed by atoms with E-state index in [1.807, 2.05) is 18.2 Å². The maximum absolute atomic E-state index is 15.4. The van der Waals surface area contributed by atoms with Crippen LogP contribution in [0.3, 0.4) is 0 Å². The number of carbonyl (C=O) groups excluding carboxylic acids is 16. The molecule has 48 nitrogen and oxygen atoms in total. The number of ketones is 1. The number of rotatable bonds is 57. The van der Waals surface area contributed by atoms with Gasteiger partial charge in [0.2, 0.25) is 88.6 Å². The highest BCUT2D eigenvalue weighted by atomic mass is 16.5. The number of benzene rings is 2. The molecule has 0 saturated carbocycles. The van der Waals surface area contributed by atoms with Gasteiger partial charge >= 0.3 is 0 Å². The predicted molar refractivity (Wildman–Crippen MR) is 511 cm³/mol. The SMILES string of the molecule is CCCC[C@H](NC(=O)[C@H](CNC(=N)N)NC(=O)[C@H](Cc1c[nH]cn1)NC(=O)[C@H](CCC(N)=O)NC(=O)[C@H](CO)NC(=O)CNC(=O)COCCOCCNC(=O)CCCCCCCCCCCCCCCc1nnn[nH]1)C(=O)N[C@H]1CCC(=O)NCCCC[C@@H](C(C)=O)NC(=O)[C@H](Cc2c[nH]c3ccccc23)NC(=O)[C@H](CCCNC(=N)N)NC(=O)[C@@H](Cc2ccccc2)NC(=O)[C@@H]2C[C@@H](O)CN2C1=O. The lowest BCUT2D eigenvalue weighted by molar-refractivity contribution is -0.143. The van der Waals surface area contributed by atoms with Crippen molar-refractivity contribution in [3.63, 3.8) is 0 Å². The van der Waals surface area contributed by atoms with Gasteiger partial charge in [-0.05, 0) is 98.8 Å². The monoisotopic (exact) mass is 1960 g/mol. The molecule has 2 aromatic carbocycles. The first-order chi connectivity index (χ1) is 67.4. The average Bonchev–Trinajstić information content (AvgIpc) is 1.64. The summed E-state index contributed by atoms with van der Waals surface area (Å²) in [5.74, 6) is -14.1. The first-order valence-electron chi connectivity index (χ1n) is 48.2. The number of amides is 15. The Morgan fingerprint density at radius 2 is 1.21 bits per heavy atom. The molecule has 770 valence electrons. The molecule has 0 spiro atoms. The number of aryl methyl sites for hydroxylation is 1. The number of guanidine groups is 2. The number of nitrogens with two attached hydrogens (primary N) is 3. The van der Waals surface area contributed by atoms with Crippen LogP contribution in [0, 0.1) is 10.8 Å². The normalized spacial score (nSPS) is 18.5. The number of unbranched alkanes of at least 4 members (excludes halogenated alkanes) is 13. The molecule has 5 aromatic rings. The number of H-pyrrole nitrogens is 3. The van der Waals surface area contributed by atoms with Gasteiger partial charge in [-0.2, -0.15) is 0 Å². The number of imidazole rings is 1. The van der Waals surface area contributed by atoms with Crippen molar-refractivity contribution in [2.75, 3.05) is 72.3 Å². The number of aromatic amines is 3. The zero-order valence-electron chi connectivity index (χ0n) is 79.8. The van der Waals surface area contributed by atoms with Crippen molar-refractivity contribution in [2.45, 2.75) is 285 Å². The van der Waals surface area contributed by atoms with Crippen LogP contribution in [0.25, 0.3) is 10.9 Å². The molecule has 48 heteroatoms. The van der Waals surface area contributed by atoms with Crippen LogP contribution in [-0.2, 0) is 112 Å². The van der Waals surface area contributed by atoms with E-state index in [9.17, 15) is 67.7 Å². The summed E-state index contributed by atoms with van der Waals surface area (Å²) in [5, 5.41) is 91.2. The fraction of sp³-hybridized carbons (Fsp3) is 0.609. The minimum absolute atomic E-state index is 0.00873. The number of hydrogen-bond acceptors (Lipinski definition) is 26. The van der Waals surface area contributed by atoms with Gasteiger partial charge in [-0.25, -0.2) is 10.1 Å². The number of nitrogens with zero attached hydrogens (tertiary/aromatic N) is 5. The van der Waals surface area contributed by atoms with Gasteiger partial charge in [0.25, 0.3) is 0 Å². The van der Waals surface area contributed by atoms with Crippen LogP contribution in [0.5, 0.6) is 0 Å². The number of carbonyl (C=O) groups is 16. The molecule has 15 amide bonds. The number of primary amides is 1. The molecular weight excluding hydrogens is 1820 g/mol. The molecule has 2 aliphatic heterocycles. The summed E-state index contributed by atoms with van der Waals surface area (Å²) in [6.07, 6.45) is 16.9. The Bertz CT molecular complexity index is 4800. The summed E-state index contributed by atoms with van der Waals surface area (Å²) in [5.41, 5.74) is 18.8. The maximum Gasteiger partial charge on any atom is 0.246 e. The van der Waals surface area contributed by atoms with Gasteiger partial charge in [-0.3, -0.25) is 87.5 Å². The molecule has 28 N–H and O–H groups in total. The van der Waals surface area contributed by atoms with Crippen LogP contribution in [0.2, 0.25) is 0 Å².